The van der Waals surface area contributed by atoms with Crippen molar-refractivity contribution in [2.24, 2.45) is 0 Å². The van der Waals surface area contributed by atoms with Gasteiger partial charge in [-0.25, -0.2) is 0 Å². The van der Waals surface area contributed by atoms with Crippen molar-refractivity contribution in [1.82, 2.24) is 14.8 Å². The van der Waals surface area contributed by atoms with E-state index in [-0.39, 0.29) is 5.91 Å². The van der Waals surface area contributed by atoms with E-state index in [0.29, 0.717) is 12.1 Å². The molecular weight excluding hydrogens is 338 g/mol. The molecule has 1 aromatic carbocycles. The largest absolute Gasteiger partial charge is 0.369 e. The molecule has 6 nitrogen and oxygen atoms in total. The third-order valence-corrected chi connectivity index (χ3v) is 5.59. The number of amides is 1. The number of nitriles is 1. The second-order valence-electron chi connectivity index (χ2n) is 7.35. The van der Waals surface area contributed by atoms with E-state index in [4.69, 9.17) is 0 Å². The molecule has 1 aromatic heterocycles. The Morgan fingerprint density at radius 2 is 1.85 bits per heavy atom. The van der Waals surface area contributed by atoms with Gasteiger partial charge in [-0.15, -0.1) is 0 Å². The molecule has 140 valence electrons. The summed E-state index contributed by atoms with van der Waals surface area (Å²) in [7, 11) is 0. The highest BCUT2D eigenvalue weighted by Gasteiger charge is 2.24. The van der Waals surface area contributed by atoms with E-state index in [1.54, 1.807) is 6.20 Å². The van der Waals surface area contributed by atoms with Gasteiger partial charge in [-0.1, -0.05) is 18.2 Å². The van der Waals surface area contributed by atoms with E-state index in [1.165, 1.54) is 0 Å². The highest BCUT2D eigenvalue weighted by atomic mass is 16.2. The smallest absolute Gasteiger partial charge is 0.236 e. The predicted molar refractivity (Wildman–Crippen MR) is 106 cm³/mol. The maximum atomic E-state index is 12.5. The zero-order valence-electron chi connectivity index (χ0n) is 15.6. The van der Waals surface area contributed by atoms with E-state index in [2.05, 4.69) is 20.9 Å². The van der Waals surface area contributed by atoms with E-state index >= 15 is 0 Å². The molecule has 0 saturated carbocycles. The van der Waals surface area contributed by atoms with Gasteiger partial charge in [0.15, 0.2) is 0 Å². The lowest BCUT2D eigenvalue weighted by Crippen LogP contribution is -2.40. The molecule has 0 aliphatic carbocycles. The van der Waals surface area contributed by atoms with Crippen LogP contribution >= 0.6 is 0 Å². The highest BCUT2D eigenvalue weighted by Crippen LogP contribution is 2.30. The molecule has 0 bridgehead atoms. The first-order valence-electron chi connectivity index (χ1n) is 9.79. The van der Waals surface area contributed by atoms with Gasteiger partial charge < -0.3 is 9.80 Å². The van der Waals surface area contributed by atoms with Crippen molar-refractivity contribution in [3.8, 4) is 6.07 Å². The van der Waals surface area contributed by atoms with Gasteiger partial charge in [0.25, 0.3) is 0 Å². The number of carbonyl (C=O) groups is 1. The number of benzene rings is 1. The molecule has 0 radical (unpaired) electrons. The number of aromatic nitrogens is 1. The monoisotopic (exact) mass is 363 g/mol. The van der Waals surface area contributed by atoms with Crippen LogP contribution in [0.25, 0.3) is 10.9 Å². The number of anilines is 1. The molecule has 2 aliphatic rings. The van der Waals surface area contributed by atoms with Crippen LogP contribution in [-0.4, -0.2) is 66.5 Å². The van der Waals surface area contributed by atoms with E-state index in [9.17, 15) is 10.1 Å². The van der Waals surface area contributed by atoms with Crippen molar-refractivity contribution in [2.75, 3.05) is 50.7 Å². The van der Waals surface area contributed by atoms with Crippen molar-refractivity contribution in [2.45, 2.75) is 19.3 Å². The van der Waals surface area contributed by atoms with Gasteiger partial charge in [0.05, 0.1) is 23.3 Å². The number of hydrogen-bond acceptors (Lipinski definition) is 5. The van der Waals surface area contributed by atoms with Crippen LogP contribution in [0.1, 0.15) is 24.8 Å². The lowest BCUT2D eigenvalue weighted by Gasteiger charge is -2.26. The summed E-state index contributed by atoms with van der Waals surface area (Å²) < 4.78 is 0. The van der Waals surface area contributed by atoms with Gasteiger partial charge in [0.1, 0.15) is 6.07 Å². The topological polar surface area (TPSA) is 63.5 Å². The normalized spacial score (nSPS) is 18.5. The van der Waals surface area contributed by atoms with Gasteiger partial charge in [-0.2, -0.15) is 5.26 Å². The second kappa shape index (κ2) is 7.93. The number of nitrogens with zero attached hydrogens (tertiary/aromatic N) is 5. The maximum Gasteiger partial charge on any atom is 0.236 e. The average Bonchev–Trinajstić information content (AvgIpc) is 3.15. The molecule has 0 unspecified atom stereocenters. The fourth-order valence-corrected chi connectivity index (χ4v) is 4.16. The minimum absolute atomic E-state index is 0.257. The van der Waals surface area contributed by atoms with Crippen molar-refractivity contribution in [1.29, 1.82) is 5.26 Å². The van der Waals surface area contributed by atoms with Crippen LogP contribution in [0.15, 0.2) is 30.5 Å². The predicted octanol–water partition coefficient (Wildman–Crippen LogP) is 2.24. The Morgan fingerprint density at radius 1 is 1.04 bits per heavy atom. The second-order valence-corrected chi connectivity index (χ2v) is 7.35. The molecule has 1 amide bonds. The van der Waals surface area contributed by atoms with Crippen molar-refractivity contribution >= 4 is 22.5 Å². The Labute approximate surface area is 160 Å². The first-order valence-corrected chi connectivity index (χ1v) is 9.79. The van der Waals surface area contributed by atoms with Crippen LogP contribution in [0.2, 0.25) is 0 Å². The standard InChI is InChI=1S/C21H25N5O/c22-14-17-15-23-19-7-2-1-6-18(19)21(17)26-11-5-8-24(12-13-26)16-20(27)25-9-3-4-10-25/h1-2,6-7,15H,3-5,8-13,16H2. The third kappa shape index (κ3) is 3.74. The van der Waals surface area contributed by atoms with Gasteiger partial charge in [-0.05, 0) is 25.3 Å². The minimum atomic E-state index is 0.257. The molecule has 6 heteroatoms. The van der Waals surface area contributed by atoms with Crippen LogP contribution in [0.3, 0.4) is 0 Å². The quantitative estimate of drug-likeness (QED) is 0.837. The molecule has 0 N–H and O–H groups in total. The van der Waals surface area contributed by atoms with Crippen LogP contribution in [0.4, 0.5) is 5.69 Å². The zero-order valence-corrected chi connectivity index (χ0v) is 15.6. The van der Waals surface area contributed by atoms with Crippen molar-refractivity contribution in [3.05, 3.63) is 36.0 Å². The Balaban J connectivity index is 1.51. The lowest BCUT2D eigenvalue weighted by molar-refractivity contribution is -0.131. The number of carbonyl (C=O) groups excluding carboxylic acids is 1. The fraction of sp³-hybridized carbons (Fsp3) is 0.476. The molecule has 27 heavy (non-hydrogen) atoms. The van der Waals surface area contributed by atoms with Gasteiger partial charge in [-0.3, -0.25) is 14.7 Å². The summed E-state index contributed by atoms with van der Waals surface area (Å²) >= 11 is 0. The Morgan fingerprint density at radius 3 is 2.67 bits per heavy atom. The third-order valence-electron chi connectivity index (χ3n) is 5.59. The zero-order chi connectivity index (χ0) is 18.6. The number of hydrogen-bond donors (Lipinski definition) is 0. The molecule has 2 aromatic rings. The van der Waals surface area contributed by atoms with Crippen LogP contribution in [0, 0.1) is 11.3 Å². The summed E-state index contributed by atoms with van der Waals surface area (Å²) in [5, 5.41) is 10.6. The summed E-state index contributed by atoms with van der Waals surface area (Å²) in [6, 6.07) is 10.3. The molecule has 2 saturated heterocycles. The number of pyridine rings is 1. The van der Waals surface area contributed by atoms with Gasteiger partial charge in [0, 0.05) is 50.9 Å². The van der Waals surface area contributed by atoms with Crippen molar-refractivity contribution in [3.63, 3.8) is 0 Å². The van der Waals surface area contributed by atoms with Crippen LogP contribution in [-0.2, 0) is 4.79 Å². The SMILES string of the molecule is N#Cc1cnc2ccccc2c1N1CCCN(CC(=O)N2CCCC2)CC1. The molecule has 2 aliphatic heterocycles. The van der Waals surface area contributed by atoms with E-state index < -0.39 is 0 Å². The molecule has 4 rings (SSSR count). The Hall–Kier alpha value is -2.65. The van der Waals surface area contributed by atoms with Gasteiger partial charge >= 0.3 is 0 Å². The van der Waals surface area contributed by atoms with Crippen LogP contribution in [0.5, 0.6) is 0 Å². The molecule has 2 fully saturated rings. The first kappa shape index (κ1) is 17.7. The maximum absolute atomic E-state index is 12.5. The van der Waals surface area contributed by atoms with Crippen molar-refractivity contribution < 1.29 is 4.79 Å². The number of likely N-dealkylation sites (tertiary alicyclic amines) is 1. The van der Waals surface area contributed by atoms with E-state index in [0.717, 1.165) is 75.1 Å². The fourth-order valence-electron chi connectivity index (χ4n) is 4.16. The minimum Gasteiger partial charge on any atom is -0.369 e. The van der Waals surface area contributed by atoms with Gasteiger partial charge in [0.2, 0.25) is 5.91 Å². The average molecular weight is 363 g/mol. The first-order chi connectivity index (χ1) is 13.3. The molecule has 3 heterocycles. The molecule has 0 spiro atoms. The molecular formula is C21H25N5O. The summed E-state index contributed by atoms with van der Waals surface area (Å²) in [4.78, 5) is 23.4. The molecule has 0 atom stereocenters. The number of para-hydroxylation sites is 1. The van der Waals surface area contributed by atoms with E-state index in [1.807, 2.05) is 29.2 Å². The summed E-state index contributed by atoms with van der Waals surface area (Å²) in [6.45, 7) is 5.78. The Kier molecular flexibility index (Phi) is 5.21. The number of rotatable bonds is 3. The number of fused-ring (bicyclic) bond motifs is 1. The highest BCUT2D eigenvalue weighted by molar-refractivity contribution is 5.94. The van der Waals surface area contributed by atoms with Crippen LogP contribution < -0.4 is 4.90 Å². The summed E-state index contributed by atoms with van der Waals surface area (Å²) in [5.74, 6) is 0.257. The Bertz CT molecular complexity index is 868. The summed E-state index contributed by atoms with van der Waals surface area (Å²) in [6.07, 6.45) is 4.92. The lowest BCUT2D eigenvalue weighted by atomic mass is 10.1. The summed E-state index contributed by atoms with van der Waals surface area (Å²) in [5.41, 5.74) is 2.52.